The van der Waals surface area contributed by atoms with E-state index in [0.717, 1.165) is 25.1 Å². The summed E-state index contributed by atoms with van der Waals surface area (Å²) in [6, 6.07) is 4.58. The molecule has 5 heteroatoms. The molecule has 0 aromatic carbocycles. The fourth-order valence-corrected chi connectivity index (χ4v) is 3.45. The summed E-state index contributed by atoms with van der Waals surface area (Å²) >= 11 is 1.82. The molecule has 0 saturated carbocycles. The second-order valence-electron chi connectivity index (χ2n) is 5.11. The Morgan fingerprint density at radius 3 is 2.60 bits per heavy atom. The fraction of sp³-hybridized carbons (Fsp3) is 0.533. The van der Waals surface area contributed by atoms with Crippen molar-refractivity contribution in [1.29, 1.82) is 0 Å². The zero-order chi connectivity index (χ0) is 14.7. The molecule has 2 aromatic heterocycles. The van der Waals surface area contributed by atoms with Gasteiger partial charge in [-0.3, -0.25) is 16.0 Å². The Hall–Kier alpha value is -1.17. The highest BCUT2D eigenvalue weighted by molar-refractivity contribution is 7.12. The first kappa shape index (κ1) is 15.2. The van der Waals surface area contributed by atoms with Crippen molar-refractivity contribution in [3.63, 3.8) is 0 Å². The van der Waals surface area contributed by atoms with Crippen LogP contribution in [0.25, 0.3) is 0 Å². The van der Waals surface area contributed by atoms with E-state index in [2.05, 4.69) is 55.0 Å². The number of nitrogens with one attached hydrogen (secondary N) is 1. The maximum atomic E-state index is 5.77. The van der Waals surface area contributed by atoms with Crippen molar-refractivity contribution < 1.29 is 0 Å². The quantitative estimate of drug-likeness (QED) is 0.636. The van der Waals surface area contributed by atoms with E-state index in [4.69, 9.17) is 5.84 Å². The van der Waals surface area contributed by atoms with E-state index in [1.54, 1.807) is 0 Å². The van der Waals surface area contributed by atoms with Crippen LogP contribution in [0.3, 0.4) is 0 Å². The lowest BCUT2D eigenvalue weighted by Gasteiger charge is -2.14. The minimum atomic E-state index is 0.152. The molecule has 1 unspecified atom stereocenters. The second-order valence-corrected chi connectivity index (χ2v) is 6.40. The summed E-state index contributed by atoms with van der Waals surface area (Å²) in [6.45, 7) is 9.46. The van der Waals surface area contributed by atoms with E-state index in [1.807, 2.05) is 11.3 Å². The van der Waals surface area contributed by atoms with Gasteiger partial charge in [-0.15, -0.1) is 11.3 Å². The first-order valence-corrected chi connectivity index (χ1v) is 7.99. The molecule has 4 nitrogen and oxygen atoms in total. The summed E-state index contributed by atoms with van der Waals surface area (Å²) in [5, 5.41) is 4.60. The first-order valence-electron chi connectivity index (χ1n) is 7.17. The van der Waals surface area contributed by atoms with Crippen molar-refractivity contribution in [3.05, 3.63) is 38.8 Å². The predicted octanol–water partition coefficient (Wildman–Crippen LogP) is 2.89. The van der Waals surface area contributed by atoms with Crippen LogP contribution in [0.1, 0.15) is 46.6 Å². The number of hydrogen-bond donors (Lipinski definition) is 2. The largest absolute Gasteiger partial charge is 0.271 e. The molecular formula is C15H24N4S. The van der Waals surface area contributed by atoms with Gasteiger partial charge in [0.1, 0.15) is 0 Å². The number of nitrogens with two attached hydrogens (primary N) is 1. The molecule has 0 fully saturated rings. The topological polar surface area (TPSA) is 55.9 Å². The average molecular weight is 292 g/mol. The van der Waals surface area contributed by atoms with Gasteiger partial charge in [0.15, 0.2) is 0 Å². The smallest absolute Gasteiger partial charge is 0.0624 e. The van der Waals surface area contributed by atoms with Gasteiger partial charge >= 0.3 is 0 Å². The summed E-state index contributed by atoms with van der Waals surface area (Å²) < 4.78 is 2.08. The molecule has 1 atom stereocenters. The van der Waals surface area contributed by atoms with Gasteiger partial charge in [0.2, 0.25) is 0 Å². The van der Waals surface area contributed by atoms with Crippen molar-refractivity contribution in [2.45, 2.75) is 53.1 Å². The van der Waals surface area contributed by atoms with Gasteiger partial charge in [-0.05, 0) is 44.9 Å². The Morgan fingerprint density at radius 2 is 2.10 bits per heavy atom. The van der Waals surface area contributed by atoms with Crippen LogP contribution in [0.15, 0.2) is 12.1 Å². The SMILES string of the molecule is CCc1cc(CC(NN)c2cc(C)c(C)s2)n(CC)n1. The average Bonchev–Trinajstić information content (AvgIpc) is 2.99. The predicted molar refractivity (Wildman–Crippen MR) is 84.8 cm³/mol. The molecule has 0 aliphatic carbocycles. The van der Waals surface area contributed by atoms with E-state index in [9.17, 15) is 0 Å². The normalized spacial score (nSPS) is 12.8. The standard InChI is InChI=1S/C15H24N4S/c1-5-12-8-13(19(6-2)18-12)9-14(17-16)15-7-10(3)11(4)20-15/h7-8,14,17H,5-6,9,16H2,1-4H3. The Balaban J connectivity index is 2.23. The molecule has 0 bridgehead atoms. The van der Waals surface area contributed by atoms with Crippen LogP contribution in [0.5, 0.6) is 0 Å². The monoisotopic (exact) mass is 292 g/mol. The maximum absolute atomic E-state index is 5.77. The first-order chi connectivity index (χ1) is 9.58. The summed E-state index contributed by atoms with van der Waals surface area (Å²) in [5.74, 6) is 5.77. The van der Waals surface area contributed by atoms with Crippen molar-refractivity contribution in [2.24, 2.45) is 5.84 Å². The Labute approximate surface area is 125 Å². The molecule has 0 saturated heterocycles. The van der Waals surface area contributed by atoms with Crippen LogP contribution in [-0.4, -0.2) is 9.78 Å². The lowest BCUT2D eigenvalue weighted by Crippen LogP contribution is -2.29. The molecule has 0 aliphatic rings. The summed E-state index contributed by atoms with van der Waals surface area (Å²) in [4.78, 5) is 2.66. The van der Waals surface area contributed by atoms with Gasteiger partial charge in [-0.1, -0.05) is 6.92 Å². The molecule has 20 heavy (non-hydrogen) atoms. The van der Waals surface area contributed by atoms with E-state index in [1.165, 1.54) is 21.0 Å². The van der Waals surface area contributed by atoms with Crippen molar-refractivity contribution in [3.8, 4) is 0 Å². The summed E-state index contributed by atoms with van der Waals surface area (Å²) in [6.07, 6.45) is 1.84. The lowest BCUT2D eigenvalue weighted by molar-refractivity contribution is 0.522. The van der Waals surface area contributed by atoms with Gasteiger partial charge in [-0.2, -0.15) is 5.10 Å². The fourth-order valence-electron chi connectivity index (χ4n) is 2.35. The molecule has 0 spiro atoms. The third kappa shape index (κ3) is 3.11. The molecular weight excluding hydrogens is 268 g/mol. The Bertz CT molecular complexity index is 551. The highest BCUT2D eigenvalue weighted by Crippen LogP contribution is 2.28. The van der Waals surface area contributed by atoms with Crippen LogP contribution in [0.2, 0.25) is 0 Å². The third-order valence-corrected chi connectivity index (χ3v) is 4.98. The van der Waals surface area contributed by atoms with Crippen LogP contribution in [-0.2, 0) is 19.4 Å². The third-order valence-electron chi connectivity index (χ3n) is 3.72. The number of hydrogen-bond acceptors (Lipinski definition) is 4. The number of aromatic nitrogens is 2. The molecule has 0 radical (unpaired) electrons. The number of nitrogens with zero attached hydrogens (tertiary/aromatic N) is 2. The lowest BCUT2D eigenvalue weighted by atomic mass is 10.1. The number of aryl methyl sites for hydroxylation is 4. The highest BCUT2D eigenvalue weighted by atomic mass is 32.1. The van der Waals surface area contributed by atoms with Crippen molar-refractivity contribution in [2.75, 3.05) is 0 Å². The van der Waals surface area contributed by atoms with Crippen LogP contribution < -0.4 is 11.3 Å². The van der Waals surface area contributed by atoms with Gasteiger partial charge in [0.05, 0.1) is 11.7 Å². The van der Waals surface area contributed by atoms with Crippen molar-refractivity contribution >= 4 is 11.3 Å². The van der Waals surface area contributed by atoms with Crippen molar-refractivity contribution in [1.82, 2.24) is 15.2 Å². The highest BCUT2D eigenvalue weighted by Gasteiger charge is 2.17. The van der Waals surface area contributed by atoms with Gasteiger partial charge in [-0.25, -0.2) is 0 Å². The molecule has 3 N–H and O–H groups in total. The van der Waals surface area contributed by atoms with E-state index < -0.39 is 0 Å². The zero-order valence-corrected chi connectivity index (χ0v) is 13.5. The van der Waals surface area contributed by atoms with E-state index in [-0.39, 0.29) is 6.04 Å². The molecule has 2 aromatic rings. The minimum Gasteiger partial charge on any atom is -0.271 e. The van der Waals surface area contributed by atoms with Crippen LogP contribution >= 0.6 is 11.3 Å². The van der Waals surface area contributed by atoms with Crippen LogP contribution in [0, 0.1) is 13.8 Å². The van der Waals surface area contributed by atoms with Gasteiger partial charge in [0, 0.05) is 28.4 Å². The van der Waals surface area contributed by atoms with E-state index >= 15 is 0 Å². The number of hydrazine groups is 1. The zero-order valence-electron chi connectivity index (χ0n) is 12.7. The maximum Gasteiger partial charge on any atom is 0.0624 e. The van der Waals surface area contributed by atoms with Gasteiger partial charge in [0.25, 0.3) is 0 Å². The summed E-state index contributed by atoms with van der Waals surface area (Å²) in [7, 11) is 0. The number of rotatable bonds is 6. The number of thiophene rings is 1. The molecule has 110 valence electrons. The van der Waals surface area contributed by atoms with E-state index in [0.29, 0.717) is 0 Å². The second kappa shape index (κ2) is 6.52. The summed E-state index contributed by atoms with van der Waals surface area (Å²) in [5.41, 5.74) is 6.69. The van der Waals surface area contributed by atoms with Crippen LogP contribution in [0.4, 0.5) is 0 Å². The Morgan fingerprint density at radius 1 is 1.35 bits per heavy atom. The molecule has 0 aliphatic heterocycles. The molecule has 0 amide bonds. The molecule has 2 heterocycles. The Kier molecular flexibility index (Phi) is 4.96. The minimum absolute atomic E-state index is 0.152. The molecule has 2 rings (SSSR count). The van der Waals surface area contributed by atoms with Gasteiger partial charge < -0.3 is 0 Å².